The van der Waals surface area contributed by atoms with Gasteiger partial charge in [-0.1, -0.05) is 19.1 Å². The molecular formula is C17H18N2OS2. The van der Waals surface area contributed by atoms with E-state index in [1.165, 1.54) is 15.1 Å². The van der Waals surface area contributed by atoms with Gasteiger partial charge in [0.1, 0.15) is 5.01 Å². The molecule has 2 aromatic heterocycles. The number of hydrogen-bond donors (Lipinski definition) is 0. The smallest absolute Gasteiger partial charge is 0.264 e. The van der Waals surface area contributed by atoms with Crippen LogP contribution in [-0.2, 0) is 13.0 Å². The van der Waals surface area contributed by atoms with Crippen LogP contribution in [-0.4, -0.2) is 22.8 Å². The van der Waals surface area contributed by atoms with E-state index in [0.717, 1.165) is 21.8 Å². The molecule has 3 aromatic rings. The van der Waals surface area contributed by atoms with Crippen LogP contribution in [0, 0.1) is 6.92 Å². The molecule has 0 radical (unpaired) electrons. The second-order valence-corrected chi connectivity index (χ2v) is 7.56. The molecule has 22 heavy (non-hydrogen) atoms. The Morgan fingerprint density at radius 2 is 2.05 bits per heavy atom. The first-order valence-corrected chi connectivity index (χ1v) is 8.91. The standard InChI is InChI=1S/C17H18N2OS2/c1-4-13-11(2)9-15(21-13)17(20)19(3)10-16-18-12-7-5-6-8-14(12)22-16/h5-9H,4,10H2,1-3H3. The van der Waals surface area contributed by atoms with Crippen LogP contribution >= 0.6 is 22.7 Å². The molecule has 0 fully saturated rings. The molecule has 0 N–H and O–H groups in total. The van der Waals surface area contributed by atoms with Gasteiger partial charge in [-0.15, -0.1) is 22.7 Å². The quantitative estimate of drug-likeness (QED) is 0.705. The first kappa shape index (κ1) is 15.2. The molecule has 0 aliphatic heterocycles. The minimum atomic E-state index is 0.0760. The Labute approximate surface area is 138 Å². The number of aromatic nitrogens is 1. The van der Waals surface area contributed by atoms with Gasteiger partial charge in [-0.05, 0) is 37.1 Å². The highest BCUT2D eigenvalue weighted by Gasteiger charge is 2.17. The summed E-state index contributed by atoms with van der Waals surface area (Å²) < 4.78 is 1.17. The number of para-hydroxylation sites is 1. The lowest BCUT2D eigenvalue weighted by atomic mass is 10.2. The van der Waals surface area contributed by atoms with E-state index < -0.39 is 0 Å². The molecular weight excluding hydrogens is 312 g/mol. The zero-order chi connectivity index (χ0) is 15.7. The number of carbonyl (C=O) groups is 1. The number of fused-ring (bicyclic) bond motifs is 1. The molecule has 3 nitrogen and oxygen atoms in total. The number of nitrogens with zero attached hydrogens (tertiary/aromatic N) is 2. The molecule has 0 aliphatic rings. The largest absolute Gasteiger partial charge is 0.334 e. The van der Waals surface area contributed by atoms with E-state index in [-0.39, 0.29) is 5.91 Å². The van der Waals surface area contributed by atoms with Crippen LogP contribution in [0.4, 0.5) is 0 Å². The second-order valence-electron chi connectivity index (χ2n) is 5.31. The van der Waals surface area contributed by atoms with Crippen LogP contribution < -0.4 is 0 Å². The van der Waals surface area contributed by atoms with Gasteiger partial charge >= 0.3 is 0 Å². The van der Waals surface area contributed by atoms with Crippen LogP contribution in [0.5, 0.6) is 0 Å². The second kappa shape index (κ2) is 6.18. The maximum atomic E-state index is 12.6. The van der Waals surface area contributed by atoms with Gasteiger partial charge in [-0.3, -0.25) is 4.79 Å². The van der Waals surface area contributed by atoms with Gasteiger partial charge in [-0.25, -0.2) is 4.98 Å². The van der Waals surface area contributed by atoms with Gasteiger partial charge in [0.15, 0.2) is 0 Å². The average molecular weight is 330 g/mol. The molecule has 0 atom stereocenters. The van der Waals surface area contributed by atoms with Crippen molar-refractivity contribution in [3.8, 4) is 0 Å². The summed E-state index contributed by atoms with van der Waals surface area (Å²) in [4.78, 5) is 21.0. The summed E-state index contributed by atoms with van der Waals surface area (Å²) >= 11 is 3.25. The van der Waals surface area contributed by atoms with Crippen LogP contribution in [0.1, 0.15) is 32.0 Å². The molecule has 5 heteroatoms. The molecule has 0 saturated heterocycles. The third-order valence-corrected chi connectivity index (χ3v) is 6.00. The predicted molar refractivity (Wildman–Crippen MR) is 93.9 cm³/mol. The van der Waals surface area contributed by atoms with Crippen molar-refractivity contribution in [1.82, 2.24) is 9.88 Å². The molecule has 114 valence electrons. The van der Waals surface area contributed by atoms with E-state index in [1.54, 1.807) is 27.6 Å². The number of thiophene rings is 1. The summed E-state index contributed by atoms with van der Waals surface area (Å²) in [7, 11) is 1.84. The number of benzene rings is 1. The van der Waals surface area contributed by atoms with Crippen molar-refractivity contribution in [2.75, 3.05) is 7.05 Å². The Hall–Kier alpha value is -1.72. The number of aryl methyl sites for hydroxylation is 2. The third-order valence-electron chi connectivity index (χ3n) is 3.61. The fourth-order valence-electron chi connectivity index (χ4n) is 2.43. The normalized spacial score (nSPS) is 11.0. The fourth-order valence-corrected chi connectivity index (χ4v) is 4.56. The molecule has 0 aliphatic carbocycles. The average Bonchev–Trinajstić information content (AvgIpc) is 3.08. The lowest BCUT2D eigenvalue weighted by Crippen LogP contribution is -2.25. The first-order valence-electron chi connectivity index (χ1n) is 7.27. The zero-order valence-corrected chi connectivity index (χ0v) is 14.6. The van der Waals surface area contributed by atoms with Crippen molar-refractivity contribution in [2.24, 2.45) is 0 Å². The van der Waals surface area contributed by atoms with Crippen molar-refractivity contribution >= 4 is 38.8 Å². The van der Waals surface area contributed by atoms with Gasteiger partial charge in [-0.2, -0.15) is 0 Å². The highest BCUT2D eigenvalue weighted by Crippen LogP contribution is 2.25. The van der Waals surface area contributed by atoms with Crippen molar-refractivity contribution in [2.45, 2.75) is 26.8 Å². The molecule has 0 spiro atoms. The van der Waals surface area contributed by atoms with E-state index in [4.69, 9.17) is 0 Å². The third kappa shape index (κ3) is 2.91. The van der Waals surface area contributed by atoms with Crippen LogP contribution in [0.2, 0.25) is 0 Å². The lowest BCUT2D eigenvalue weighted by Gasteiger charge is -2.14. The van der Waals surface area contributed by atoms with E-state index in [2.05, 4.69) is 24.9 Å². The minimum Gasteiger partial charge on any atom is -0.334 e. The lowest BCUT2D eigenvalue weighted by molar-refractivity contribution is 0.0790. The first-order chi connectivity index (χ1) is 10.6. The van der Waals surface area contributed by atoms with Gasteiger partial charge in [0.2, 0.25) is 0 Å². The number of rotatable bonds is 4. The monoisotopic (exact) mass is 330 g/mol. The number of hydrogen-bond acceptors (Lipinski definition) is 4. The molecule has 3 rings (SSSR count). The van der Waals surface area contributed by atoms with Crippen molar-refractivity contribution in [1.29, 1.82) is 0 Å². The summed E-state index contributed by atoms with van der Waals surface area (Å²) in [5.74, 6) is 0.0760. The van der Waals surface area contributed by atoms with Crippen molar-refractivity contribution < 1.29 is 4.79 Å². The summed E-state index contributed by atoms with van der Waals surface area (Å²) in [6, 6.07) is 10.1. The molecule has 0 unspecified atom stereocenters. The molecule has 1 amide bonds. The summed E-state index contributed by atoms with van der Waals surface area (Å²) in [5, 5.41) is 0.973. The highest BCUT2D eigenvalue weighted by molar-refractivity contribution is 7.18. The van der Waals surface area contributed by atoms with Crippen molar-refractivity contribution in [3.63, 3.8) is 0 Å². The maximum absolute atomic E-state index is 12.6. The fraction of sp³-hybridized carbons (Fsp3) is 0.294. The Bertz CT molecular complexity index is 786. The molecule has 2 heterocycles. The topological polar surface area (TPSA) is 33.2 Å². The SMILES string of the molecule is CCc1sc(C(=O)N(C)Cc2nc3ccccc3s2)cc1C. The molecule has 0 bridgehead atoms. The molecule has 1 aromatic carbocycles. The summed E-state index contributed by atoms with van der Waals surface area (Å²) in [6.45, 7) is 4.74. The summed E-state index contributed by atoms with van der Waals surface area (Å²) in [6.07, 6.45) is 0.978. The predicted octanol–water partition coefficient (Wildman–Crippen LogP) is 4.50. The highest BCUT2D eigenvalue weighted by atomic mass is 32.1. The minimum absolute atomic E-state index is 0.0760. The van der Waals surface area contributed by atoms with E-state index >= 15 is 0 Å². The number of carbonyl (C=O) groups excluding carboxylic acids is 1. The summed E-state index contributed by atoms with van der Waals surface area (Å²) in [5.41, 5.74) is 2.22. The maximum Gasteiger partial charge on any atom is 0.264 e. The Balaban J connectivity index is 1.77. The van der Waals surface area contributed by atoms with Gasteiger partial charge in [0.25, 0.3) is 5.91 Å². The Morgan fingerprint density at radius 3 is 2.73 bits per heavy atom. The number of thiazole rings is 1. The van der Waals surface area contributed by atoms with Crippen molar-refractivity contribution in [3.05, 3.63) is 50.7 Å². The van der Waals surface area contributed by atoms with E-state index in [1.807, 2.05) is 31.3 Å². The van der Waals surface area contributed by atoms with E-state index in [0.29, 0.717) is 6.54 Å². The van der Waals surface area contributed by atoms with Gasteiger partial charge in [0, 0.05) is 11.9 Å². The Morgan fingerprint density at radius 1 is 1.27 bits per heavy atom. The van der Waals surface area contributed by atoms with Gasteiger partial charge in [0.05, 0.1) is 21.6 Å². The molecule has 0 saturated carbocycles. The van der Waals surface area contributed by atoms with Crippen LogP contribution in [0.25, 0.3) is 10.2 Å². The zero-order valence-electron chi connectivity index (χ0n) is 12.9. The van der Waals surface area contributed by atoms with Crippen LogP contribution in [0.15, 0.2) is 30.3 Å². The van der Waals surface area contributed by atoms with Crippen LogP contribution in [0.3, 0.4) is 0 Å². The number of amides is 1. The Kier molecular flexibility index (Phi) is 4.27. The van der Waals surface area contributed by atoms with Gasteiger partial charge < -0.3 is 4.90 Å². The van der Waals surface area contributed by atoms with E-state index in [9.17, 15) is 4.79 Å².